The van der Waals surface area contributed by atoms with Gasteiger partial charge in [0.15, 0.2) is 5.96 Å². The van der Waals surface area contributed by atoms with Crippen molar-refractivity contribution < 1.29 is 9.84 Å². The molecule has 0 radical (unpaired) electrons. The number of rotatable bonds is 6. The molecule has 158 valence electrons. The molecule has 2 aliphatic rings. The van der Waals surface area contributed by atoms with E-state index in [9.17, 15) is 5.11 Å². The average molecular weight is 502 g/mol. The first-order chi connectivity index (χ1) is 13.2. The van der Waals surface area contributed by atoms with E-state index in [0.29, 0.717) is 6.54 Å². The van der Waals surface area contributed by atoms with Crippen molar-refractivity contribution in [2.45, 2.75) is 44.8 Å². The van der Waals surface area contributed by atoms with Gasteiger partial charge in [0.2, 0.25) is 0 Å². The number of hydrogen-bond acceptors (Lipinski definition) is 4. The van der Waals surface area contributed by atoms with E-state index in [1.165, 1.54) is 24.8 Å². The van der Waals surface area contributed by atoms with Crippen molar-refractivity contribution in [2.75, 3.05) is 46.4 Å². The highest BCUT2D eigenvalue weighted by atomic mass is 127. The second-order valence-corrected chi connectivity index (χ2v) is 7.47. The molecular weight excluding hydrogens is 467 g/mol. The van der Waals surface area contributed by atoms with Gasteiger partial charge in [-0.1, -0.05) is 18.6 Å². The first-order valence-corrected chi connectivity index (χ1v) is 10.3. The van der Waals surface area contributed by atoms with Gasteiger partial charge in [-0.05, 0) is 57.0 Å². The molecule has 6 nitrogen and oxygen atoms in total. The third-order valence-electron chi connectivity index (χ3n) is 5.54. The predicted molar refractivity (Wildman–Crippen MR) is 125 cm³/mol. The normalized spacial score (nSPS) is 21.9. The number of nitrogens with one attached hydrogen (secondary N) is 1. The summed E-state index contributed by atoms with van der Waals surface area (Å²) in [6.07, 6.45) is 4.42. The Morgan fingerprint density at radius 3 is 2.50 bits per heavy atom. The van der Waals surface area contributed by atoms with Crippen LogP contribution >= 0.6 is 24.0 Å². The first kappa shape index (κ1) is 23.2. The van der Waals surface area contributed by atoms with Crippen molar-refractivity contribution in [3.8, 4) is 5.75 Å². The van der Waals surface area contributed by atoms with Crippen LogP contribution in [-0.4, -0.2) is 73.3 Å². The number of β-amino-alcohol motifs (C(OH)–C–C–N with tert-alkyl or cyclic N) is 1. The number of aliphatic hydroxyl groups is 1. The molecule has 0 spiro atoms. The highest BCUT2D eigenvalue weighted by Gasteiger charge is 2.25. The van der Waals surface area contributed by atoms with Crippen LogP contribution in [0.25, 0.3) is 0 Å². The first-order valence-electron chi connectivity index (χ1n) is 10.3. The van der Waals surface area contributed by atoms with E-state index < -0.39 is 0 Å². The number of aliphatic hydroxyl groups excluding tert-OH is 1. The van der Waals surface area contributed by atoms with Gasteiger partial charge < -0.3 is 20.1 Å². The number of ether oxygens (including phenoxy) is 1. The number of benzene rings is 1. The molecule has 28 heavy (non-hydrogen) atoms. The Labute approximate surface area is 186 Å². The van der Waals surface area contributed by atoms with Crippen LogP contribution in [0.2, 0.25) is 0 Å². The van der Waals surface area contributed by atoms with Gasteiger partial charge in [-0.25, -0.2) is 0 Å². The fourth-order valence-electron chi connectivity index (χ4n) is 4.02. The summed E-state index contributed by atoms with van der Waals surface area (Å²) in [7, 11) is 1.70. The summed E-state index contributed by atoms with van der Waals surface area (Å²) in [6.45, 7) is 7.44. The number of guanidine groups is 1. The molecule has 2 heterocycles. The van der Waals surface area contributed by atoms with E-state index in [4.69, 9.17) is 9.73 Å². The van der Waals surface area contributed by atoms with Crippen LogP contribution in [0.3, 0.4) is 0 Å². The summed E-state index contributed by atoms with van der Waals surface area (Å²) in [4.78, 5) is 9.71. The summed E-state index contributed by atoms with van der Waals surface area (Å²) in [5, 5.41) is 13.3. The van der Waals surface area contributed by atoms with Gasteiger partial charge in [-0.15, -0.1) is 24.0 Å². The maximum Gasteiger partial charge on any atom is 0.194 e. The van der Waals surface area contributed by atoms with Gasteiger partial charge in [0.1, 0.15) is 5.75 Å². The number of hydrogen-bond donors (Lipinski definition) is 2. The molecular formula is C21H35IN4O2. The monoisotopic (exact) mass is 502 g/mol. The van der Waals surface area contributed by atoms with Crippen molar-refractivity contribution in [1.29, 1.82) is 0 Å². The number of piperidine rings is 1. The second kappa shape index (κ2) is 11.8. The molecule has 0 aromatic heterocycles. The number of aliphatic imine (C=N–C) groups is 1. The van der Waals surface area contributed by atoms with Crippen LogP contribution in [-0.2, 0) is 0 Å². The molecule has 0 bridgehead atoms. The molecule has 2 aliphatic heterocycles. The van der Waals surface area contributed by atoms with E-state index in [1.54, 1.807) is 7.11 Å². The van der Waals surface area contributed by atoms with Crippen molar-refractivity contribution in [1.82, 2.24) is 15.1 Å². The van der Waals surface area contributed by atoms with Crippen LogP contribution in [0.15, 0.2) is 29.3 Å². The molecule has 2 fully saturated rings. The Morgan fingerprint density at radius 2 is 1.93 bits per heavy atom. The summed E-state index contributed by atoms with van der Waals surface area (Å²) in [5.41, 5.74) is 1.29. The summed E-state index contributed by atoms with van der Waals surface area (Å²) in [6, 6.07) is 8.69. The summed E-state index contributed by atoms with van der Waals surface area (Å²) < 4.78 is 5.32. The number of methoxy groups -OCH3 is 1. The lowest BCUT2D eigenvalue weighted by Gasteiger charge is -2.34. The summed E-state index contributed by atoms with van der Waals surface area (Å²) in [5.74, 6) is 1.81. The second-order valence-electron chi connectivity index (χ2n) is 7.47. The standard InChI is InChI=1S/C21H34N4O2.HI/c1-3-22-21(25-14-11-18(26)16-25)23-15-20(24-12-5-4-6-13-24)17-7-9-19(27-2)10-8-17;/h7-10,18,20,26H,3-6,11-16H2,1-2H3,(H,22,23);1H/t18-,20?;/m1./s1. The van der Waals surface area contributed by atoms with Crippen LogP contribution in [0.1, 0.15) is 44.2 Å². The van der Waals surface area contributed by atoms with Gasteiger partial charge in [-0.2, -0.15) is 0 Å². The minimum atomic E-state index is -0.242. The lowest BCUT2D eigenvalue weighted by Crippen LogP contribution is -2.41. The largest absolute Gasteiger partial charge is 0.497 e. The Bertz CT molecular complexity index is 605. The number of nitrogens with zero attached hydrogens (tertiary/aromatic N) is 3. The zero-order chi connectivity index (χ0) is 19.1. The molecule has 2 saturated heterocycles. The molecule has 7 heteroatoms. The maximum atomic E-state index is 9.88. The Kier molecular flexibility index (Phi) is 9.81. The SMILES string of the molecule is CCNC(=NCC(c1ccc(OC)cc1)N1CCCCC1)N1CC[C@@H](O)C1.I. The van der Waals surface area contributed by atoms with Gasteiger partial charge in [-0.3, -0.25) is 9.89 Å². The number of likely N-dealkylation sites (tertiary alicyclic amines) is 2. The lowest BCUT2D eigenvalue weighted by molar-refractivity contribution is 0.167. The van der Waals surface area contributed by atoms with Gasteiger partial charge in [0.25, 0.3) is 0 Å². The molecule has 2 atom stereocenters. The van der Waals surface area contributed by atoms with Crippen molar-refractivity contribution in [3.05, 3.63) is 29.8 Å². The van der Waals surface area contributed by atoms with E-state index in [-0.39, 0.29) is 36.1 Å². The Balaban J connectivity index is 0.00000280. The average Bonchev–Trinajstić information content (AvgIpc) is 3.15. The molecule has 1 aromatic rings. The highest BCUT2D eigenvalue weighted by molar-refractivity contribution is 14.0. The van der Waals surface area contributed by atoms with Crippen molar-refractivity contribution in [2.24, 2.45) is 4.99 Å². The Morgan fingerprint density at radius 1 is 1.21 bits per heavy atom. The third kappa shape index (κ3) is 6.22. The van der Waals surface area contributed by atoms with Crippen LogP contribution in [0.4, 0.5) is 0 Å². The zero-order valence-electron chi connectivity index (χ0n) is 17.1. The molecule has 1 unspecified atom stereocenters. The molecule has 0 aliphatic carbocycles. The molecule has 1 aromatic carbocycles. The zero-order valence-corrected chi connectivity index (χ0v) is 19.5. The number of halogens is 1. The van der Waals surface area contributed by atoms with Crippen LogP contribution < -0.4 is 10.1 Å². The van der Waals surface area contributed by atoms with Gasteiger partial charge >= 0.3 is 0 Å². The third-order valence-corrected chi connectivity index (χ3v) is 5.54. The molecule has 0 amide bonds. The minimum absolute atomic E-state index is 0. The quantitative estimate of drug-likeness (QED) is 0.356. The van der Waals surface area contributed by atoms with Crippen molar-refractivity contribution in [3.63, 3.8) is 0 Å². The van der Waals surface area contributed by atoms with E-state index in [0.717, 1.165) is 50.9 Å². The topological polar surface area (TPSA) is 60.3 Å². The van der Waals surface area contributed by atoms with E-state index in [1.807, 2.05) is 12.1 Å². The molecule has 2 N–H and O–H groups in total. The molecule has 0 saturated carbocycles. The van der Waals surface area contributed by atoms with E-state index >= 15 is 0 Å². The fourth-order valence-corrected chi connectivity index (χ4v) is 4.02. The summed E-state index contributed by atoms with van der Waals surface area (Å²) >= 11 is 0. The van der Waals surface area contributed by atoms with Crippen LogP contribution in [0.5, 0.6) is 5.75 Å². The van der Waals surface area contributed by atoms with Crippen molar-refractivity contribution >= 4 is 29.9 Å². The van der Waals surface area contributed by atoms with Gasteiger partial charge in [0, 0.05) is 19.6 Å². The van der Waals surface area contributed by atoms with E-state index in [2.05, 4.69) is 34.2 Å². The van der Waals surface area contributed by atoms with Crippen LogP contribution in [0, 0.1) is 0 Å². The smallest absolute Gasteiger partial charge is 0.194 e. The highest BCUT2D eigenvalue weighted by Crippen LogP contribution is 2.27. The Hall–Kier alpha value is -1.06. The lowest BCUT2D eigenvalue weighted by atomic mass is 10.0. The maximum absolute atomic E-state index is 9.88. The fraction of sp³-hybridized carbons (Fsp3) is 0.667. The predicted octanol–water partition coefficient (Wildman–Crippen LogP) is 2.87. The molecule has 3 rings (SSSR count). The minimum Gasteiger partial charge on any atom is -0.497 e. The van der Waals surface area contributed by atoms with Gasteiger partial charge in [0.05, 0.1) is 25.8 Å².